The molecular formula is C21H22ClF2N5OS. The second-order valence-electron chi connectivity index (χ2n) is 7.38. The van der Waals surface area contributed by atoms with Crippen LogP contribution < -0.4 is 16.1 Å². The van der Waals surface area contributed by atoms with E-state index in [2.05, 4.69) is 22.7 Å². The van der Waals surface area contributed by atoms with Gasteiger partial charge in [-0.1, -0.05) is 11.6 Å². The van der Waals surface area contributed by atoms with Gasteiger partial charge in [0.25, 0.3) is 5.91 Å². The summed E-state index contributed by atoms with van der Waals surface area (Å²) in [7, 11) is 0. The molecule has 0 bridgehead atoms. The zero-order valence-corrected chi connectivity index (χ0v) is 18.6. The molecule has 0 unspecified atom stereocenters. The highest BCUT2D eigenvalue weighted by Gasteiger charge is 2.34. The summed E-state index contributed by atoms with van der Waals surface area (Å²) < 4.78 is 29.3. The molecule has 1 heterocycles. The smallest absolute Gasteiger partial charge is 0.254 e. The molecule has 2 aromatic carbocycles. The molecule has 1 saturated heterocycles. The molecule has 2 aromatic rings. The molecule has 1 amide bonds. The number of nitrogens with zero attached hydrogens (tertiary/aromatic N) is 3. The van der Waals surface area contributed by atoms with Gasteiger partial charge < -0.3 is 15.5 Å². The van der Waals surface area contributed by atoms with Crippen molar-refractivity contribution in [1.82, 2.24) is 10.3 Å². The average Bonchev–Trinajstić information content (AvgIpc) is 2.69. The van der Waals surface area contributed by atoms with E-state index in [4.69, 9.17) is 17.3 Å². The van der Waals surface area contributed by atoms with Gasteiger partial charge in [0, 0.05) is 47.4 Å². The monoisotopic (exact) mass is 465 g/mol. The molecule has 3 rings (SSSR count). The third-order valence-electron chi connectivity index (χ3n) is 5.03. The Bertz CT molecular complexity index is 1010. The lowest BCUT2D eigenvalue weighted by molar-refractivity contribution is 0.0574. The molecule has 10 heteroatoms. The van der Waals surface area contributed by atoms with Crippen LogP contribution >= 0.6 is 23.8 Å². The molecule has 1 aliphatic rings. The number of rotatable bonds is 4. The Morgan fingerprint density at radius 2 is 1.81 bits per heavy atom. The number of anilines is 1. The summed E-state index contributed by atoms with van der Waals surface area (Å²) in [4.78, 5) is 16.5. The first-order valence-electron chi connectivity index (χ1n) is 9.58. The van der Waals surface area contributed by atoms with Crippen molar-refractivity contribution < 1.29 is 13.6 Å². The number of nitrogens with two attached hydrogens (primary N) is 1. The molecule has 2 atom stereocenters. The molecule has 1 fully saturated rings. The van der Waals surface area contributed by atoms with Crippen molar-refractivity contribution in [3.8, 4) is 0 Å². The third-order valence-corrected chi connectivity index (χ3v) is 5.37. The Morgan fingerprint density at radius 3 is 2.39 bits per heavy atom. The lowest BCUT2D eigenvalue weighted by Crippen LogP contribution is -2.59. The molecule has 3 N–H and O–H groups in total. The fourth-order valence-electron chi connectivity index (χ4n) is 3.72. The molecule has 0 aromatic heterocycles. The molecule has 31 heavy (non-hydrogen) atoms. The first-order chi connectivity index (χ1) is 14.7. The van der Waals surface area contributed by atoms with E-state index in [0.29, 0.717) is 23.7 Å². The predicted molar refractivity (Wildman–Crippen MR) is 123 cm³/mol. The summed E-state index contributed by atoms with van der Waals surface area (Å²) in [5.74, 6) is -1.35. The maximum absolute atomic E-state index is 14.8. The van der Waals surface area contributed by atoms with Crippen LogP contribution in [0.2, 0.25) is 5.02 Å². The van der Waals surface area contributed by atoms with Crippen LogP contribution in [0.15, 0.2) is 41.5 Å². The zero-order valence-electron chi connectivity index (χ0n) is 17.0. The fraction of sp³-hybridized carbons (Fsp3) is 0.286. The van der Waals surface area contributed by atoms with Crippen molar-refractivity contribution in [1.29, 1.82) is 0 Å². The molecule has 164 valence electrons. The predicted octanol–water partition coefficient (Wildman–Crippen LogP) is 3.52. The van der Waals surface area contributed by atoms with E-state index in [1.54, 1.807) is 34.1 Å². The van der Waals surface area contributed by atoms with Gasteiger partial charge in [-0.15, -0.1) is 0 Å². The number of carbonyl (C=O) groups is 1. The Hall–Kier alpha value is -2.78. The van der Waals surface area contributed by atoms with Gasteiger partial charge >= 0.3 is 0 Å². The minimum Gasteiger partial charge on any atom is -0.375 e. The van der Waals surface area contributed by atoms with Gasteiger partial charge in [0.05, 0.1) is 11.9 Å². The van der Waals surface area contributed by atoms with Crippen LogP contribution in [0.4, 0.5) is 14.5 Å². The van der Waals surface area contributed by atoms with Gasteiger partial charge in [-0.2, -0.15) is 5.10 Å². The molecule has 0 saturated carbocycles. The van der Waals surface area contributed by atoms with Gasteiger partial charge in [-0.3, -0.25) is 10.2 Å². The van der Waals surface area contributed by atoms with E-state index in [9.17, 15) is 13.6 Å². The number of halogens is 3. The van der Waals surface area contributed by atoms with E-state index in [1.165, 1.54) is 0 Å². The lowest BCUT2D eigenvalue weighted by Gasteiger charge is -2.45. The van der Waals surface area contributed by atoms with Crippen LogP contribution in [0, 0.1) is 11.6 Å². The highest BCUT2D eigenvalue weighted by molar-refractivity contribution is 7.80. The Kier molecular flexibility index (Phi) is 7.07. The quantitative estimate of drug-likeness (QED) is 0.410. The number of hydrazone groups is 1. The molecule has 0 aliphatic carbocycles. The number of piperazine rings is 1. The van der Waals surface area contributed by atoms with E-state index >= 15 is 0 Å². The van der Waals surface area contributed by atoms with Gasteiger partial charge in [0.2, 0.25) is 0 Å². The summed E-state index contributed by atoms with van der Waals surface area (Å²) >= 11 is 10.5. The van der Waals surface area contributed by atoms with Crippen LogP contribution in [0.1, 0.15) is 29.8 Å². The highest BCUT2D eigenvalue weighted by Crippen LogP contribution is 2.28. The van der Waals surface area contributed by atoms with Crippen LogP contribution in [0.25, 0.3) is 0 Å². The van der Waals surface area contributed by atoms with Gasteiger partial charge in [-0.25, -0.2) is 8.78 Å². The first-order valence-corrected chi connectivity index (χ1v) is 10.4. The standard InChI is InChI=1S/C21H22ClF2N5OS/c1-12-10-28(11-13(2)29(12)20(30)14-3-5-16(22)6-4-14)19-8-17(23)15(7-18(19)24)9-26-27-21(25)31/h3-9,12-13H,10-11H2,1-2H3,(H3,25,27,31)/t12-,13+. The normalized spacial score (nSPS) is 19.0. The lowest BCUT2D eigenvalue weighted by atomic mass is 10.0. The number of carbonyl (C=O) groups excluding carboxylic acids is 1. The molecular weight excluding hydrogens is 444 g/mol. The summed E-state index contributed by atoms with van der Waals surface area (Å²) in [6.07, 6.45) is 1.11. The number of thiocarbonyl (C=S) groups is 1. The number of amides is 1. The van der Waals surface area contributed by atoms with E-state index in [0.717, 1.165) is 18.3 Å². The second-order valence-corrected chi connectivity index (χ2v) is 8.26. The van der Waals surface area contributed by atoms with E-state index in [1.807, 2.05) is 13.8 Å². The Balaban J connectivity index is 1.78. The second kappa shape index (κ2) is 9.57. The maximum Gasteiger partial charge on any atom is 0.254 e. The van der Waals surface area contributed by atoms with Crippen LogP contribution in [0.5, 0.6) is 0 Å². The average molecular weight is 466 g/mol. The van der Waals surface area contributed by atoms with E-state index < -0.39 is 11.6 Å². The molecule has 0 radical (unpaired) electrons. The van der Waals surface area contributed by atoms with E-state index in [-0.39, 0.29) is 34.4 Å². The summed E-state index contributed by atoms with van der Waals surface area (Å²) in [6.45, 7) is 4.48. The summed E-state index contributed by atoms with van der Waals surface area (Å²) in [5, 5.41) is 4.13. The van der Waals surface area contributed by atoms with Crippen molar-refractivity contribution in [3.63, 3.8) is 0 Å². The van der Waals surface area contributed by atoms with Gasteiger partial charge in [0.15, 0.2) is 5.11 Å². The Labute approximate surface area is 189 Å². The number of hydrogen-bond acceptors (Lipinski definition) is 4. The molecule has 0 spiro atoms. The summed E-state index contributed by atoms with van der Waals surface area (Å²) in [5.41, 5.74) is 8.17. The zero-order chi connectivity index (χ0) is 22.7. The highest BCUT2D eigenvalue weighted by atomic mass is 35.5. The summed E-state index contributed by atoms with van der Waals surface area (Å²) in [6, 6.07) is 8.45. The van der Waals surface area contributed by atoms with Gasteiger partial charge in [-0.05, 0) is 56.4 Å². The minimum atomic E-state index is -0.634. The third kappa shape index (κ3) is 5.29. The number of nitrogens with one attached hydrogen (secondary N) is 1. The van der Waals surface area contributed by atoms with Crippen molar-refractivity contribution in [2.24, 2.45) is 10.8 Å². The first kappa shape index (κ1) is 22.9. The van der Waals surface area contributed by atoms with Crippen molar-refractivity contribution in [2.45, 2.75) is 25.9 Å². The van der Waals surface area contributed by atoms with Crippen LogP contribution in [-0.2, 0) is 0 Å². The SMILES string of the molecule is C[C@@H]1CN(c2cc(F)c(C=NNC(N)=S)cc2F)C[C@H](C)N1C(=O)c1ccc(Cl)cc1. The number of hydrogen-bond donors (Lipinski definition) is 2. The van der Waals surface area contributed by atoms with Crippen LogP contribution in [-0.4, -0.2) is 47.3 Å². The van der Waals surface area contributed by atoms with Crippen molar-refractivity contribution in [3.05, 3.63) is 64.2 Å². The van der Waals surface area contributed by atoms with Crippen molar-refractivity contribution >= 4 is 46.7 Å². The topological polar surface area (TPSA) is 74.0 Å². The Morgan fingerprint density at radius 1 is 1.19 bits per heavy atom. The van der Waals surface area contributed by atoms with Gasteiger partial charge in [0.1, 0.15) is 11.6 Å². The minimum absolute atomic E-state index is 0.0392. The van der Waals surface area contributed by atoms with Crippen molar-refractivity contribution in [2.75, 3.05) is 18.0 Å². The molecule has 6 nitrogen and oxygen atoms in total. The largest absolute Gasteiger partial charge is 0.375 e. The maximum atomic E-state index is 14.8. The number of benzene rings is 2. The molecule has 1 aliphatic heterocycles. The van der Waals surface area contributed by atoms with Crippen LogP contribution in [0.3, 0.4) is 0 Å². The fourth-order valence-corrected chi connectivity index (χ4v) is 3.90.